The van der Waals surface area contributed by atoms with Crippen LogP contribution in [0.15, 0.2) is 21.2 Å². The molecule has 0 bridgehead atoms. The quantitative estimate of drug-likeness (QED) is 0.831. The van der Waals surface area contributed by atoms with E-state index in [0.717, 1.165) is 24.1 Å². The van der Waals surface area contributed by atoms with Gasteiger partial charge < -0.3 is 14.6 Å². The fourth-order valence-corrected chi connectivity index (χ4v) is 2.70. The number of carbonyl (C=O) groups excluding carboxylic acids is 1. The molecule has 0 aromatic carbocycles. The molecule has 2 atom stereocenters. The Bertz CT molecular complexity index is 404. The molecule has 2 unspecified atom stereocenters. The van der Waals surface area contributed by atoms with Crippen molar-refractivity contribution >= 4 is 21.8 Å². The van der Waals surface area contributed by atoms with Gasteiger partial charge in [-0.3, -0.25) is 4.79 Å². The van der Waals surface area contributed by atoms with Gasteiger partial charge in [0.15, 0.2) is 0 Å². The number of halogens is 1. The molecule has 3 rings (SSSR count). The van der Waals surface area contributed by atoms with Crippen LogP contribution in [-0.2, 0) is 0 Å². The van der Waals surface area contributed by atoms with Crippen LogP contribution in [0, 0.1) is 5.92 Å². The monoisotopic (exact) mass is 270 g/mol. The highest BCUT2D eigenvalue weighted by Gasteiger charge is 2.45. The molecule has 0 radical (unpaired) electrons. The molecule has 2 fully saturated rings. The van der Waals surface area contributed by atoms with Crippen molar-refractivity contribution in [3.05, 3.63) is 22.6 Å². The highest BCUT2D eigenvalue weighted by Crippen LogP contribution is 2.31. The molecule has 2 aliphatic rings. The molecule has 3 heterocycles. The minimum atomic E-state index is -0.00294. The molecule has 0 spiro atoms. The molecular weight excluding hydrogens is 260 g/mol. The van der Waals surface area contributed by atoms with Gasteiger partial charge in [-0.15, -0.1) is 0 Å². The Morgan fingerprint density at radius 3 is 3.13 bits per heavy atom. The normalized spacial score (nSPS) is 28.7. The smallest absolute Gasteiger partial charge is 0.291 e. The summed E-state index contributed by atoms with van der Waals surface area (Å²) >= 11 is 3.30. The van der Waals surface area contributed by atoms with Crippen LogP contribution in [0.2, 0.25) is 0 Å². The van der Waals surface area contributed by atoms with E-state index >= 15 is 0 Å². The van der Waals surface area contributed by atoms with E-state index in [1.807, 2.05) is 4.90 Å². The van der Waals surface area contributed by atoms with Crippen LogP contribution in [0.3, 0.4) is 0 Å². The Kier molecular flexibility index (Phi) is 2.10. The first kappa shape index (κ1) is 9.42. The number of rotatable bonds is 1. The van der Waals surface area contributed by atoms with Crippen molar-refractivity contribution in [2.45, 2.75) is 6.04 Å². The number of likely N-dealkylation sites (tertiary alicyclic amines) is 1. The highest BCUT2D eigenvalue weighted by molar-refractivity contribution is 9.10. The van der Waals surface area contributed by atoms with Crippen molar-refractivity contribution in [2.24, 2.45) is 5.92 Å². The third-order valence-corrected chi connectivity index (χ3v) is 3.83. The van der Waals surface area contributed by atoms with Gasteiger partial charge in [0.1, 0.15) is 0 Å². The number of amides is 1. The van der Waals surface area contributed by atoms with E-state index in [1.165, 1.54) is 6.26 Å². The van der Waals surface area contributed by atoms with Gasteiger partial charge in [-0.05, 0) is 22.0 Å². The van der Waals surface area contributed by atoms with Crippen LogP contribution in [0.4, 0.5) is 0 Å². The van der Waals surface area contributed by atoms with Gasteiger partial charge in [0.25, 0.3) is 5.91 Å². The summed E-state index contributed by atoms with van der Waals surface area (Å²) in [7, 11) is 0. The number of furan rings is 1. The topological polar surface area (TPSA) is 45.5 Å². The summed E-state index contributed by atoms with van der Waals surface area (Å²) in [5, 5.41) is 3.29. The molecule has 1 amide bonds. The zero-order valence-electron chi connectivity index (χ0n) is 8.07. The van der Waals surface area contributed by atoms with E-state index in [1.54, 1.807) is 6.07 Å². The number of nitrogens with zero attached hydrogens (tertiary/aromatic N) is 1. The minimum Gasteiger partial charge on any atom is -0.458 e. The van der Waals surface area contributed by atoms with Crippen molar-refractivity contribution in [1.82, 2.24) is 10.2 Å². The summed E-state index contributed by atoms with van der Waals surface area (Å²) in [5.74, 6) is 1.06. The van der Waals surface area contributed by atoms with Crippen LogP contribution < -0.4 is 5.32 Å². The molecule has 2 saturated heterocycles. The van der Waals surface area contributed by atoms with E-state index in [9.17, 15) is 4.79 Å². The maximum Gasteiger partial charge on any atom is 0.291 e. The van der Waals surface area contributed by atoms with Crippen molar-refractivity contribution < 1.29 is 9.21 Å². The van der Waals surface area contributed by atoms with Gasteiger partial charge in [0, 0.05) is 25.6 Å². The van der Waals surface area contributed by atoms with Gasteiger partial charge in [-0.2, -0.15) is 0 Å². The maximum atomic E-state index is 12.0. The van der Waals surface area contributed by atoms with Crippen LogP contribution >= 0.6 is 15.9 Å². The van der Waals surface area contributed by atoms with Crippen LogP contribution in [0.25, 0.3) is 0 Å². The van der Waals surface area contributed by atoms with E-state index < -0.39 is 0 Å². The lowest BCUT2D eigenvalue weighted by atomic mass is 9.92. The van der Waals surface area contributed by atoms with Crippen molar-refractivity contribution in [1.29, 1.82) is 0 Å². The second-order valence-electron chi connectivity index (χ2n) is 4.04. The first-order valence-electron chi connectivity index (χ1n) is 5.02. The van der Waals surface area contributed by atoms with Crippen molar-refractivity contribution in [3.63, 3.8) is 0 Å². The fourth-order valence-electron chi connectivity index (χ4n) is 2.33. The van der Waals surface area contributed by atoms with E-state index in [0.29, 0.717) is 17.7 Å². The third-order valence-electron chi connectivity index (χ3n) is 3.21. The Morgan fingerprint density at radius 2 is 2.47 bits per heavy atom. The van der Waals surface area contributed by atoms with E-state index in [-0.39, 0.29) is 5.91 Å². The minimum absolute atomic E-state index is 0.00294. The molecule has 1 aromatic rings. The second kappa shape index (κ2) is 3.35. The van der Waals surface area contributed by atoms with Gasteiger partial charge >= 0.3 is 0 Å². The van der Waals surface area contributed by atoms with Gasteiger partial charge in [0.05, 0.1) is 16.8 Å². The SMILES string of the molecule is O=C(c1occc1Br)N1CC2CNCC21. The Balaban J connectivity index is 1.79. The molecule has 15 heavy (non-hydrogen) atoms. The predicted molar refractivity (Wildman–Crippen MR) is 57.6 cm³/mol. The van der Waals surface area contributed by atoms with Gasteiger partial charge in [-0.25, -0.2) is 0 Å². The summed E-state index contributed by atoms with van der Waals surface area (Å²) < 4.78 is 5.91. The average Bonchev–Trinajstić information content (AvgIpc) is 2.74. The van der Waals surface area contributed by atoms with Crippen LogP contribution in [0.1, 0.15) is 10.6 Å². The largest absolute Gasteiger partial charge is 0.458 e. The number of carbonyl (C=O) groups is 1. The number of nitrogens with one attached hydrogen (secondary N) is 1. The third kappa shape index (κ3) is 1.33. The first-order valence-corrected chi connectivity index (χ1v) is 5.81. The second-order valence-corrected chi connectivity index (χ2v) is 4.90. The highest BCUT2D eigenvalue weighted by atomic mass is 79.9. The molecule has 0 aliphatic carbocycles. The Hall–Kier alpha value is -0.810. The summed E-state index contributed by atoms with van der Waals surface area (Å²) in [6.45, 7) is 2.80. The van der Waals surface area contributed by atoms with Gasteiger partial charge in [-0.1, -0.05) is 0 Å². The number of hydrogen-bond acceptors (Lipinski definition) is 3. The molecule has 1 aromatic heterocycles. The van der Waals surface area contributed by atoms with Gasteiger partial charge in [0.2, 0.25) is 5.76 Å². The molecule has 0 saturated carbocycles. The summed E-state index contributed by atoms with van der Waals surface area (Å²) in [6.07, 6.45) is 1.53. The average molecular weight is 271 g/mol. The lowest BCUT2D eigenvalue weighted by molar-refractivity contribution is 0.0296. The number of fused-ring (bicyclic) bond motifs is 1. The van der Waals surface area contributed by atoms with Crippen molar-refractivity contribution in [2.75, 3.05) is 19.6 Å². The standard InChI is InChI=1S/C10H11BrN2O2/c11-7-1-2-15-9(7)10(14)13-5-6-3-12-4-8(6)13/h1-2,6,8,12H,3-5H2. The molecule has 4 nitrogen and oxygen atoms in total. The Morgan fingerprint density at radius 1 is 1.60 bits per heavy atom. The van der Waals surface area contributed by atoms with Crippen LogP contribution in [0.5, 0.6) is 0 Å². The van der Waals surface area contributed by atoms with E-state index in [2.05, 4.69) is 21.2 Å². The molecule has 5 heteroatoms. The predicted octanol–water partition coefficient (Wildman–Crippen LogP) is 1.09. The van der Waals surface area contributed by atoms with Crippen molar-refractivity contribution in [3.8, 4) is 0 Å². The van der Waals surface area contributed by atoms with E-state index in [4.69, 9.17) is 4.42 Å². The first-order chi connectivity index (χ1) is 7.27. The molecule has 1 N–H and O–H groups in total. The molecule has 80 valence electrons. The summed E-state index contributed by atoms with van der Waals surface area (Å²) in [4.78, 5) is 13.9. The number of hydrogen-bond donors (Lipinski definition) is 1. The lowest BCUT2D eigenvalue weighted by Gasteiger charge is -2.43. The van der Waals surface area contributed by atoms with Crippen LogP contribution in [-0.4, -0.2) is 36.5 Å². The zero-order chi connectivity index (χ0) is 10.4. The molecular formula is C10H11BrN2O2. The summed E-state index contributed by atoms with van der Waals surface area (Å²) in [6, 6.07) is 2.12. The molecule has 2 aliphatic heterocycles. The zero-order valence-corrected chi connectivity index (χ0v) is 9.66. The summed E-state index contributed by atoms with van der Waals surface area (Å²) in [5.41, 5.74) is 0. The fraction of sp³-hybridized carbons (Fsp3) is 0.500. The lowest BCUT2D eigenvalue weighted by Crippen LogP contribution is -2.58. The Labute approximate surface area is 95.7 Å². The maximum absolute atomic E-state index is 12.0.